The van der Waals surface area contributed by atoms with Crippen LogP contribution in [0.3, 0.4) is 0 Å². The highest BCUT2D eigenvalue weighted by molar-refractivity contribution is 5.61. The second-order valence-corrected chi connectivity index (χ2v) is 7.29. The van der Waals surface area contributed by atoms with E-state index in [1.165, 1.54) is 30.0 Å². The lowest BCUT2D eigenvalue weighted by atomic mass is 9.87. The zero-order chi connectivity index (χ0) is 20.4. The molecule has 5 nitrogen and oxygen atoms in total. The molecule has 0 aliphatic heterocycles. The number of alkyl halides is 3. The van der Waals surface area contributed by atoms with E-state index in [4.69, 9.17) is 0 Å². The molecule has 0 unspecified atom stereocenters. The summed E-state index contributed by atoms with van der Waals surface area (Å²) >= 11 is 0. The van der Waals surface area contributed by atoms with Crippen LogP contribution in [-0.4, -0.2) is 15.2 Å². The van der Waals surface area contributed by atoms with E-state index in [0.29, 0.717) is 5.82 Å². The summed E-state index contributed by atoms with van der Waals surface area (Å²) in [6.45, 7) is 6.38. The summed E-state index contributed by atoms with van der Waals surface area (Å²) in [6.07, 6.45) is -3.08. The molecule has 28 heavy (non-hydrogen) atoms. The van der Waals surface area contributed by atoms with Gasteiger partial charge in [0.05, 0.1) is 17.4 Å². The first-order valence-electron chi connectivity index (χ1n) is 8.63. The molecule has 3 rings (SSSR count). The van der Waals surface area contributed by atoms with Crippen molar-refractivity contribution in [3.05, 3.63) is 65.9 Å². The molecule has 0 spiro atoms. The number of nitrogens with one attached hydrogen (secondary N) is 2. The zero-order valence-corrected chi connectivity index (χ0v) is 15.7. The van der Waals surface area contributed by atoms with Gasteiger partial charge in [-0.1, -0.05) is 45.0 Å². The fourth-order valence-corrected chi connectivity index (χ4v) is 2.58. The molecular weight excluding hydrogens is 367 g/mol. The maximum Gasteiger partial charge on any atom is 0.418 e. The number of aromatic nitrogens is 3. The van der Waals surface area contributed by atoms with Crippen molar-refractivity contribution in [2.45, 2.75) is 32.4 Å². The van der Waals surface area contributed by atoms with Crippen LogP contribution in [0, 0.1) is 0 Å². The number of para-hydroxylation sites is 1. The smallest absolute Gasteiger partial charge is 0.339 e. The molecule has 2 N–H and O–H groups in total. The van der Waals surface area contributed by atoms with Crippen LogP contribution in [-0.2, 0) is 11.6 Å². The van der Waals surface area contributed by atoms with Gasteiger partial charge in [-0.15, -0.1) is 5.10 Å². The Morgan fingerprint density at radius 2 is 1.54 bits per heavy atom. The van der Waals surface area contributed by atoms with E-state index in [2.05, 4.69) is 46.6 Å². The minimum atomic E-state index is -4.48. The lowest BCUT2D eigenvalue weighted by Gasteiger charge is -2.19. The zero-order valence-electron chi connectivity index (χ0n) is 15.7. The van der Waals surface area contributed by atoms with Gasteiger partial charge in [-0.3, -0.25) is 0 Å². The molecule has 0 fully saturated rings. The summed E-state index contributed by atoms with van der Waals surface area (Å²) < 4.78 is 39.4. The van der Waals surface area contributed by atoms with Crippen LogP contribution in [0.4, 0.5) is 36.3 Å². The Hall–Kier alpha value is -3.16. The van der Waals surface area contributed by atoms with Crippen molar-refractivity contribution in [3.63, 3.8) is 0 Å². The van der Waals surface area contributed by atoms with Crippen molar-refractivity contribution in [1.82, 2.24) is 15.2 Å². The molecule has 2 aromatic carbocycles. The minimum Gasteiger partial charge on any atom is -0.339 e. The van der Waals surface area contributed by atoms with Gasteiger partial charge in [-0.2, -0.15) is 23.3 Å². The second kappa shape index (κ2) is 7.46. The Morgan fingerprint density at radius 3 is 2.18 bits per heavy atom. The first-order chi connectivity index (χ1) is 13.1. The average molecular weight is 387 g/mol. The quantitative estimate of drug-likeness (QED) is 0.603. The Labute approximate surface area is 161 Å². The van der Waals surface area contributed by atoms with Gasteiger partial charge < -0.3 is 10.6 Å². The first-order valence-corrected chi connectivity index (χ1v) is 8.63. The number of anilines is 4. The molecule has 1 heterocycles. The number of halogens is 3. The highest BCUT2D eigenvalue weighted by Crippen LogP contribution is 2.35. The predicted molar refractivity (Wildman–Crippen MR) is 103 cm³/mol. The summed E-state index contributed by atoms with van der Waals surface area (Å²) in [5.41, 5.74) is 1.08. The molecule has 1 aromatic heterocycles. The fourth-order valence-electron chi connectivity index (χ4n) is 2.58. The van der Waals surface area contributed by atoms with E-state index in [-0.39, 0.29) is 17.1 Å². The van der Waals surface area contributed by atoms with Crippen LogP contribution in [0.25, 0.3) is 0 Å². The molecule has 146 valence electrons. The average Bonchev–Trinajstić information content (AvgIpc) is 2.61. The van der Waals surface area contributed by atoms with Gasteiger partial charge in [0.15, 0.2) is 5.82 Å². The van der Waals surface area contributed by atoms with E-state index < -0.39 is 11.7 Å². The van der Waals surface area contributed by atoms with Gasteiger partial charge in [-0.05, 0) is 35.2 Å². The molecule has 0 radical (unpaired) electrons. The molecular formula is C20H20F3N5. The number of nitrogens with zero attached hydrogens (tertiary/aromatic N) is 3. The van der Waals surface area contributed by atoms with Gasteiger partial charge in [0.25, 0.3) is 0 Å². The lowest BCUT2D eigenvalue weighted by molar-refractivity contribution is -0.136. The van der Waals surface area contributed by atoms with E-state index in [0.717, 1.165) is 11.8 Å². The summed E-state index contributed by atoms with van der Waals surface area (Å²) in [4.78, 5) is 4.19. The van der Waals surface area contributed by atoms with Crippen molar-refractivity contribution in [1.29, 1.82) is 0 Å². The van der Waals surface area contributed by atoms with Crippen LogP contribution >= 0.6 is 0 Å². The first kappa shape index (κ1) is 19.6. The van der Waals surface area contributed by atoms with Crippen molar-refractivity contribution in [3.8, 4) is 0 Å². The van der Waals surface area contributed by atoms with Gasteiger partial charge in [0.2, 0.25) is 5.95 Å². The molecule has 0 amide bonds. The molecule has 0 aliphatic rings. The molecule has 3 aromatic rings. The maximum atomic E-state index is 13.1. The molecule has 0 saturated carbocycles. The Kier molecular flexibility index (Phi) is 5.22. The standard InChI is InChI=1S/C20H20F3N5/c1-19(2,3)13-8-10-14(11-9-13)25-17-12-24-28-18(27-17)26-16-7-5-4-6-15(16)20(21,22)23/h4-12H,1-3H3,(H2,25,26,27,28). The molecule has 0 aliphatic carbocycles. The van der Waals surface area contributed by atoms with Crippen LogP contribution in [0.15, 0.2) is 54.7 Å². The topological polar surface area (TPSA) is 62.7 Å². The van der Waals surface area contributed by atoms with E-state index in [9.17, 15) is 13.2 Å². The van der Waals surface area contributed by atoms with Gasteiger partial charge in [0, 0.05) is 5.69 Å². The SMILES string of the molecule is CC(C)(C)c1ccc(Nc2cnnc(Nc3ccccc3C(F)(F)F)n2)cc1. The Bertz CT molecular complexity index is 947. The maximum absolute atomic E-state index is 13.1. The van der Waals surface area contributed by atoms with Crippen LogP contribution in [0.2, 0.25) is 0 Å². The molecule has 0 saturated heterocycles. The Morgan fingerprint density at radius 1 is 0.857 bits per heavy atom. The van der Waals surface area contributed by atoms with E-state index >= 15 is 0 Å². The number of benzene rings is 2. The molecule has 8 heteroatoms. The summed E-state index contributed by atoms with van der Waals surface area (Å²) in [5, 5.41) is 13.2. The third-order valence-electron chi connectivity index (χ3n) is 4.06. The lowest BCUT2D eigenvalue weighted by Crippen LogP contribution is -2.11. The monoisotopic (exact) mass is 387 g/mol. The van der Waals surface area contributed by atoms with Crippen molar-refractivity contribution < 1.29 is 13.2 Å². The highest BCUT2D eigenvalue weighted by atomic mass is 19.4. The predicted octanol–water partition coefficient (Wildman–Crippen LogP) is 5.68. The summed E-state index contributed by atoms with van der Waals surface area (Å²) in [6, 6.07) is 13.0. The van der Waals surface area contributed by atoms with Crippen LogP contribution < -0.4 is 10.6 Å². The molecule has 0 bridgehead atoms. The van der Waals surface area contributed by atoms with Crippen LogP contribution in [0.5, 0.6) is 0 Å². The Balaban J connectivity index is 1.79. The van der Waals surface area contributed by atoms with Gasteiger partial charge in [-0.25, -0.2) is 0 Å². The number of rotatable bonds is 4. The third-order valence-corrected chi connectivity index (χ3v) is 4.06. The van der Waals surface area contributed by atoms with Crippen molar-refractivity contribution in [2.75, 3.05) is 10.6 Å². The van der Waals surface area contributed by atoms with E-state index in [1.54, 1.807) is 0 Å². The van der Waals surface area contributed by atoms with Gasteiger partial charge in [0.1, 0.15) is 0 Å². The minimum absolute atomic E-state index is 0.0342. The number of hydrogen-bond acceptors (Lipinski definition) is 5. The molecule has 0 atom stereocenters. The number of hydrogen-bond donors (Lipinski definition) is 2. The fraction of sp³-hybridized carbons (Fsp3) is 0.250. The highest BCUT2D eigenvalue weighted by Gasteiger charge is 2.33. The summed E-state index contributed by atoms with van der Waals surface area (Å²) in [7, 11) is 0. The summed E-state index contributed by atoms with van der Waals surface area (Å²) in [5.74, 6) is 0.332. The normalized spacial score (nSPS) is 11.9. The third kappa shape index (κ3) is 4.76. The van der Waals surface area contributed by atoms with Crippen LogP contribution in [0.1, 0.15) is 31.9 Å². The van der Waals surface area contributed by atoms with E-state index in [1.807, 2.05) is 24.3 Å². The largest absolute Gasteiger partial charge is 0.418 e. The van der Waals surface area contributed by atoms with Crippen molar-refractivity contribution >= 4 is 23.1 Å². The van der Waals surface area contributed by atoms with Crippen molar-refractivity contribution in [2.24, 2.45) is 0 Å². The second-order valence-electron chi connectivity index (χ2n) is 7.29. The van der Waals surface area contributed by atoms with Gasteiger partial charge >= 0.3 is 6.18 Å².